The normalized spacial score (nSPS) is 21.5. The highest BCUT2D eigenvalue weighted by atomic mass is 35.5. The zero-order chi connectivity index (χ0) is 18.0. The molecule has 6 nitrogen and oxygen atoms in total. The van der Waals surface area contributed by atoms with Gasteiger partial charge in [0.25, 0.3) is 11.1 Å². The van der Waals surface area contributed by atoms with E-state index in [4.69, 9.17) is 5.73 Å². The minimum Gasteiger partial charge on any atom is -0.338 e. The van der Waals surface area contributed by atoms with E-state index in [0.29, 0.717) is 18.0 Å². The number of piperidine rings is 1. The highest BCUT2D eigenvalue weighted by Gasteiger charge is 2.30. The van der Waals surface area contributed by atoms with E-state index in [1.165, 1.54) is 4.90 Å². The van der Waals surface area contributed by atoms with Crippen molar-refractivity contribution in [1.82, 2.24) is 9.80 Å². The number of halogens is 1. The van der Waals surface area contributed by atoms with Crippen molar-refractivity contribution in [3.05, 3.63) is 35.4 Å². The summed E-state index contributed by atoms with van der Waals surface area (Å²) in [5.41, 5.74) is 7.38. The van der Waals surface area contributed by atoms with Crippen molar-refractivity contribution in [1.29, 1.82) is 0 Å². The second-order valence-electron chi connectivity index (χ2n) is 6.75. The average Bonchev–Trinajstić information content (AvgIpc) is 2.93. The van der Waals surface area contributed by atoms with Crippen molar-refractivity contribution in [2.75, 3.05) is 18.8 Å². The molecule has 2 atom stereocenters. The zero-order valence-corrected chi connectivity index (χ0v) is 16.4. The van der Waals surface area contributed by atoms with Gasteiger partial charge in [0.15, 0.2) is 0 Å². The molecule has 8 heteroatoms. The van der Waals surface area contributed by atoms with Gasteiger partial charge in [-0.3, -0.25) is 19.3 Å². The molecule has 0 saturated carbocycles. The maximum absolute atomic E-state index is 12.8. The number of benzene rings is 1. The van der Waals surface area contributed by atoms with Gasteiger partial charge in [-0.2, -0.15) is 0 Å². The Labute approximate surface area is 163 Å². The van der Waals surface area contributed by atoms with Crippen LogP contribution in [-0.2, 0) is 11.3 Å². The summed E-state index contributed by atoms with van der Waals surface area (Å²) in [6.07, 6.45) is 2.02. The molecule has 2 fully saturated rings. The van der Waals surface area contributed by atoms with E-state index in [1.807, 2.05) is 17.9 Å². The van der Waals surface area contributed by atoms with E-state index < -0.39 is 0 Å². The van der Waals surface area contributed by atoms with Gasteiger partial charge in [0.2, 0.25) is 5.91 Å². The van der Waals surface area contributed by atoms with Gasteiger partial charge in [-0.25, -0.2) is 0 Å². The molecule has 1 aromatic rings. The van der Waals surface area contributed by atoms with Crippen molar-refractivity contribution < 1.29 is 14.4 Å². The first-order valence-corrected chi connectivity index (χ1v) is 9.55. The molecule has 2 heterocycles. The van der Waals surface area contributed by atoms with E-state index in [9.17, 15) is 14.4 Å². The first kappa shape index (κ1) is 20.7. The second-order valence-corrected chi connectivity index (χ2v) is 7.67. The van der Waals surface area contributed by atoms with Gasteiger partial charge in [-0.1, -0.05) is 23.9 Å². The van der Waals surface area contributed by atoms with E-state index in [2.05, 4.69) is 0 Å². The van der Waals surface area contributed by atoms with E-state index >= 15 is 0 Å². The molecule has 2 aliphatic rings. The minimum atomic E-state index is -0.225. The molecule has 0 aromatic heterocycles. The Morgan fingerprint density at radius 3 is 2.81 bits per heavy atom. The molecule has 3 rings (SSSR count). The van der Waals surface area contributed by atoms with Gasteiger partial charge < -0.3 is 10.6 Å². The predicted molar refractivity (Wildman–Crippen MR) is 104 cm³/mol. The number of hydrogen-bond donors (Lipinski definition) is 1. The van der Waals surface area contributed by atoms with Gasteiger partial charge in [0.05, 0.1) is 12.3 Å². The van der Waals surface area contributed by atoms with Crippen LogP contribution in [0.5, 0.6) is 0 Å². The fourth-order valence-corrected chi connectivity index (χ4v) is 4.05. The average molecular weight is 398 g/mol. The van der Waals surface area contributed by atoms with Crippen molar-refractivity contribution >= 4 is 41.2 Å². The summed E-state index contributed by atoms with van der Waals surface area (Å²) in [7, 11) is 0. The number of amides is 3. The Bertz CT molecular complexity index is 682. The van der Waals surface area contributed by atoms with Crippen LogP contribution in [0.15, 0.2) is 24.3 Å². The Kier molecular flexibility index (Phi) is 7.08. The highest BCUT2D eigenvalue weighted by molar-refractivity contribution is 8.14. The van der Waals surface area contributed by atoms with Crippen LogP contribution in [-0.4, -0.2) is 51.7 Å². The lowest BCUT2D eigenvalue weighted by atomic mass is 9.92. The minimum absolute atomic E-state index is 0. The van der Waals surface area contributed by atoms with Crippen LogP contribution in [0, 0.1) is 5.92 Å². The summed E-state index contributed by atoms with van der Waals surface area (Å²) < 4.78 is 0. The van der Waals surface area contributed by atoms with Crippen molar-refractivity contribution in [2.24, 2.45) is 11.7 Å². The lowest BCUT2D eigenvalue weighted by Crippen LogP contribution is -2.45. The summed E-state index contributed by atoms with van der Waals surface area (Å²) in [4.78, 5) is 39.4. The second kappa shape index (κ2) is 8.88. The first-order chi connectivity index (χ1) is 12.0. The number of rotatable bonds is 4. The van der Waals surface area contributed by atoms with Crippen LogP contribution >= 0.6 is 24.2 Å². The first-order valence-electron chi connectivity index (χ1n) is 8.56. The van der Waals surface area contributed by atoms with Crippen molar-refractivity contribution in [3.8, 4) is 0 Å². The van der Waals surface area contributed by atoms with Crippen LogP contribution in [0.25, 0.3) is 0 Å². The van der Waals surface area contributed by atoms with E-state index in [0.717, 1.165) is 36.7 Å². The predicted octanol–water partition coefficient (Wildman–Crippen LogP) is 2.50. The van der Waals surface area contributed by atoms with Crippen LogP contribution in [0.4, 0.5) is 4.79 Å². The number of likely N-dealkylation sites (tertiary alicyclic amines) is 1. The molecule has 0 aliphatic carbocycles. The molecule has 0 bridgehead atoms. The number of hydrogen-bond acceptors (Lipinski definition) is 5. The summed E-state index contributed by atoms with van der Waals surface area (Å²) in [6.45, 7) is 3.63. The summed E-state index contributed by atoms with van der Waals surface area (Å²) in [5, 5.41) is -0.225. The van der Waals surface area contributed by atoms with Crippen molar-refractivity contribution in [2.45, 2.75) is 32.4 Å². The molecule has 1 aromatic carbocycles. The third-order valence-electron chi connectivity index (χ3n) is 4.84. The highest BCUT2D eigenvalue weighted by Crippen LogP contribution is 2.23. The summed E-state index contributed by atoms with van der Waals surface area (Å²) in [5.74, 6) is 0.338. The smallest absolute Gasteiger partial charge is 0.289 e. The van der Waals surface area contributed by atoms with Crippen molar-refractivity contribution in [3.63, 3.8) is 0 Å². The van der Waals surface area contributed by atoms with E-state index in [-0.39, 0.29) is 47.8 Å². The van der Waals surface area contributed by atoms with Crippen LogP contribution in [0.3, 0.4) is 0 Å². The molecular weight excluding hydrogens is 374 g/mol. The number of nitrogens with two attached hydrogens (primary N) is 1. The lowest BCUT2D eigenvalue weighted by molar-refractivity contribution is -0.125. The van der Waals surface area contributed by atoms with Crippen LogP contribution in [0.2, 0.25) is 0 Å². The zero-order valence-electron chi connectivity index (χ0n) is 14.7. The monoisotopic (exact) mass is 397 g/mol. The van der Waals surface area contributed by atoms with Gasteiger partial charge in [0, 0.05) is 24.7 Å². The molecule has 2 saturated heterocycles. The number of imide groups is 1. The third kappa shape index (κ3) is 4.58. The molecule has 2 N–H and O–H groups in total. The standard InChI is InChI=1S/C18H23N3O3S.ClH/c1-12(19)15-6-3-7-20(10-15)17(23)14-5-2-4-13(8-14)9-21-16(22)11-25-18(21)24;/h2,4-5,8,12,15H,3,6-7,9-11,19H2,1H3;1H. The molecule has 3 amide bonds. The van der Waals surface area contributed by atoms with Gasteiger partial charge >= 0.3 is 0 Å². The number of thioether (sulfide) groups is 1. The van der Waals surface area contributed by atoms with Gasteiger partial charge in [-0.15, -0.1) is 12.4 Å². The van der Waals surface area contributed by atoms with E-state index in [1.54, 1.807) is 18.2 Å². The molecule has 2 unspecified atom stereocenters. The molecule has 26 heavy (non-hydrogen) atoms. The molecule has 2 aliphatic heterocycles. The van der Waals surface area contributed by atoms with Crippen LogP contribution in [0.1, 0.15) is 35.7 Å². The fraction of sp³-hybridized carbons (Fsp3) is 0.500. The maximum Gasteiger partial charge on any atom is 0.289 e. The van der Waals surface area contributed by atoms with Crippen LogP contribution < -0.4 is 5.73 Å². The lowest BCUT2D eigenvalue weighted by Gasteiger charge is -2.34. The largest absolute Gasteiger partial charge is 0.338 e. The number of nitrogens with zero attached hydrogens (tertiary/aromatic N) is 2. The number of carbonyl (C=O) groups is 3. The molecule has 142 valence electrons. The Morgan fingerprint density at radius 2 is 2.15 bits per heavy atom. The molecule has 0 spiro atoms. The summed E-state index contributed by atoms with van der Waals surface area (Å²) >= 11 is 1.02. The third-order valence-corrected chi connectivity index (χ3v) is 5.70. The maximum atomic E-state index is 12.8. The summed E-state index contributed by atoms with van der Waals surface area (Å²) in [6, 6.07) is 7.27. The Hall–Kier alpha value is -1.57. The SMILES string of the molecule is CC(N)C1CCCN(C(=O)c2cccc(CN3C(=O)CSC3=O)c2)C1.Cl. The fourth-order valence-electron chi connectivity index (χ4n) is 3.33. The number of carbonyl (C=O) groups excluding carboxylic acids is 3. The Balaban J connectivity index is 0.00000243. The topological polar surface area (TPSA) is 83.7 Å². The molecular formula is C18H24ClN3O3S. The quantitative estimate of drug-likeness (QED) is 0.843. The van der Waals surface area contributed by atoms with Gasteiger partial charge in [-0.05, 0) is 43.4 Å². The Morgan fingerprint density at radius 1 is 1.38 bits per heavy atom. The van der Waals surface area contributed by atoms with Gasteiger partial charge in [0.1, 0.15) is 0 Å². The molecule has 0 radical (unpaired) electrons.